The number of aromatic hydroxyl groups is 1. The van der Waals surface area contributed by atoms with E-state index in [1.54, 1.807) is 24.3 Å². The van der Waals surface area contributed by atoms with E-state index < -0.39 is 0 Å². The molecular weight excluding hydrogens is 418 g/mol. The summed E-state index contributed by atoms with van der Waals surface area (Å²) in [6.07, 6.45) is 0. The summed E-state index contributed by atoms with van der Waals surface area (Å²) in [5, 5.41) is 14.7. The van der Waals surface area contributed by atoms with Gasteiger partial charge in [-0.2, -0.15) is 9.97 Å². The molecule has 0 unspecified atom stereocenters. The maximum absolute atomic E-state index is 9.96. The zero-order valence-corrected chi connectivity index (χ0v) is 17.1. The van der Waals surface area contributed by atoms with Gasteiger partial charge in [-0.3, -0.25) is 0 Å². The van der Waals surface area contributed by atoms with E-state index in [1.807, 2.05) is 36.4 Å². The lowest BCUT2D eigenvalue weighted by atomic mass is 10.2. The Bertz CT molecular complexity index is 1270. The van der Waals surface area contributed by atoms with Crippen molar-refractivity contribution < 1.29 is 19.3 Å². The van der Waals surface area contributed by atoms with Gasteiger partial charge >= 0.3 is 6.01 Å². The van der Waals surface area contributed by atoms with Crippen LogP contribution in [-0.2, 0) is 13.2 Å². The van der Waals surface area contributed by atoms with Crippen LogP contribution in [0.15, 0.2) is 60.7 Å². The smallest absolute Gasteiger partial charge is 0.319 e. The minimum Gasteiger partial charge on any atom is -0.508 e. The third-order valence-electron chi connectivity index (χ3n) is 4.88. The molecular formula is C23H18ClN3O4. The van der Waals surface area contributed by atoms with Crippen LogP contribution in [0.5, 0.6) is 23.3 Å². The zero-order valence-electron chi connectivity index (χ0n) is 16.3. The highest BCUT2D eigenvalue weighted by Gasteiger charge is 2.14. The highest BCUT2D eigenvalue weighted by molar-refractivity contribution is 6.31. The molecule has 8 heteroatoms. The first-order valence-corrected chi connectivity index (χ1v) is 10.0. The van der Waals surface area contributed by atoms with E-state index in [4.69, 9.17) is 25.8 Å². The molecule has 1 aliphatic rings. The molecule has 5 rings (SSSR count). The Morgan fingerprint density at radius 3 is 2.77 bits per heavy atom. The van der Waals surface area contributed by atoms with Crippen LogP contribution < -0.4 is 19.5 Å². The number of ether oxygens (including phenoxy) is 3. The molecule has 0 spiro atoms. The first-order chi connectivity index (χ1) is 15.2. The number of rotatable bonds is 6. The van der Waals surface area contributed by atoms with Crippen LogP contribution in [0.1, 0.15) is 11.1 Å². The van der Waals surface area contributed by atoms with E-state index in [0.29, 0.717) is 28.5 Å². The van der Waals surface area contributed by atoms with Crippen molar-refractivity contribution in [2.24, 2.45) is 0 Å². The largest absolute Gasteiger partial charge is 0.508 e. The number of halogens is 1. The number of benzene rings is 3. The van der Waals surface area contributed by atoms with Gasteiger partial charge in [0.15, 0.2) is 11.5 Å². The van der Waals surface area contributed by atoms with E-state index in [0.717, 1.165) is 22.4 Å². The normalized spacial score (nSPS) is 12.2. The number of hydrogen-bond acceptors (Lipinski definition) is 7. The van der Waals surface area contributed by atoms with Crippen LogP contribution in [0.3, 0.4) is 0 Å². The first kappa shape index (κ1) is 19.3. The third kappa shape index (κ3) is 4.13. The molecule has 3 aromatic carbocycles. The van der Waals surface area contributed by atoms with E-state index >= 15 is 0 Å². The molecule has 0 fully saturated rings. The van der Waals surface area contributed by atoms with Gasteiger partial charge in [-0.15, -0.1) is 0 Å². The lowest BCUT2D eigenvalue weighted by molar-refractivity contribution is 0.174. The number of anilines is 1. The van der Waals surface area contributed by atoms with Crippen LogP contribution >= 0.6 is 11.6 Å². The Kier molecular flexibility index (Phi) is 5.09. The molecule has 0 radical (unpaired) electrons. The maximum Gasteiger partial charge on any atom is 0.319 e. The Morgan fingerprint density at radius 1 is 1.00 bits per heavy atom. The Labute approximate surface area is 183 Å². The summed E-state index contributed by atoms with van der Waals surface area (Å²) in [4.78, 5) is 9.01. The Hall–Kier alpha value is -3.71. The fourth-order valence-corrected chi connectivity index (χ4v) is 3.46. The van der Waals surface area contributed by atoms with Gasteiger partial charge in [-0.25, -0.2) is 0 Å². The summed E-state index contributed by atoms with van der Waals surface area (Å²) in [5.74, 6) is 2.22. The topological polar surface area (TPSA) is 85.7 Å². The molecule has 0 aliphatic carbocycles. The van der Waals surface area contributed by atoms with Gasteiger partial charge in [-0.1, -0.05) is 35.9 Å². The van der Waals surface area contributed by atoms with E-state index in [2.05, 4.69) is 15.3 Å². The number of para-hydroxylation sites is 1. The Balaban J connectivity index is 1.41. The number of hydrogen-bond donors (Lipinski definition) is 2. The molecule has 2 heterocycles. The fourth-order valence-electron chi connectivity index (χ4n) is 3.29. The predicted octanol–water partition coefficient (Wildman–Crippen LogP) is 4.91. The molecule has 1 aromatic heterocycles. The average molecular weight is 436 g/mol. The minimum atomic E-state index is 0.146. The average Bonchev–Trinajstić information content (AvgIpc) is 3.25. The third-order valence-corrected chi connectivity index (χ3v) is 5.12. The van der Waals surface area contributed by atoms with Crippen LogP contribution in [0.4, 0.5) is 5.82 Å². The van der Waals surface area contributed by atoms with Gasteiger partial charge in [0.05, 0.1) is 5.52 Å². The monoisotopic (exact) mass is 435 g/mol. The second-order valence-electron chi connectivity index (χ2n) is 6.97. The SMILES string of the molecule is Oc1ccccc1COc1nc(NCc2ccc3c(c2)OCO3)c2cc(Cl)ccc2n1. The first-order valence-electron chi connectivity index (χ1n) is 9.65. The number of phenols is 1. The van der Waals surface area contributed by atoms with Crippen molar-refractivity contribution in [1.29, 1.82) is 0 Å². The van der Waals surface area contributed by atoms with Gasteiger partial charge in [0.1, 0.15) is 18.2 Å². The zero-order chi connectivity index (χ0) is 21.2. The van der Waals surface area contributed by atoms with Crippen LogP contribution in [-0.4, -0.2) is 21.9 Å². The lowest BCUT2D eigenvalue weighted by Crippen LogP contribution is -2.06. The van der Waals surface area contributed by atoms with E-state index in [9.17, 15) is 5.11 Å². The quantitative estimate of drug-likeness (QED) is 0.445. The summed E-state index contributed by atoms with van der Waals surface area (Å²) in [6.45, 7) is 0.889. The van der Waals surface area contributed by atoms with Crippen LogP contribution in [0, 0.1) is 0 Å². The molecule has 7 nitrogen and oxygen atoms in total. The molecule has 1 aliphatic heterocycles. The number of nitrogens with one attached hydrogen (secondary N) is 1. The van der Waals surface area contributed by atoms with Crippen molar-refractivity contribution in [2.75, 3.05) is 12.1 Å². The van der Waals surface area contributed by atoms with Gasteiger partial charge in [0.2, 0.25) is 6.79 Å². The summed E-state index contributed by atoms with van der Waals surface area (Å²) in [6, 6.07) is 18.4. The summed E-state index contributed by atoms with van der Waals surface area (Å²) in [7, 11) is 0. The molecule has 0 amide bonds. The summed E-state index contributed by atoms with van der Waals surface area (Å²) >= 11 is 6.20. The van der Waals surface area contributed by atoms with Crippen LogP contribution in [0.2, 0.25) is 5.02 Å². The van der Waals surface area contributed by atoms with Crippen molar-refractivity contribution in [3.63, 3.8) is 0 Å². The van der Waals surface area contributed by atoms with E-state index in [1.165, 1.54) is 0 Å². The van der Waals surface area contributed by atoms with Gasteiger partial charge in [-0.05, 0) is 42.0 Å². The molecule has 0 bridgehead atoms. The number of phenolic OH excluding ortho intramolecular Hbond substituents is 1. The molecule has 0 saturated carbocycles. The molecule has 156 valence electrons. The standard InChI is InChI=1S/C23H18ClN3O4/c24-16-6-7-18-17(10-16)22(25-11-14-5-8-20-21(9-14)31-13-30-20)27-23(26-18)29-12-15-3-1-2-4-19(15)28/h1-10,28H,11-13H2,(H,25,26,27). The maximum atomic E-state index is 9.96. The van der Waals surface area contributed by atoms with Crippen molar-refractivity contribution in [3.8, 4) is 23.3 Å². The molecule has 2 N–H and O–H groups in total. The fraction of sp³-hybridized carbons (Fsp3) is 0.130. The number of nitrogens with zero attached hydrogens (tertiary/aromatic N) is 2. The second kappa shape index (κ2) is 8.20. The van der Waals surface area contributed by atoms with E-state index in [-0.39, 0.29) is 25.2 Å². The molecule has 31 heavy (non-hydrogen) atoms. The van der Waals surface area contributed by atoms with Crippen LogP contribution in [0.25, 0.3) is 10.9 Å². The predicted molar refractivity (Wildman–Crippen MR) is 117 cm³/mol. The summed E-state index contributed by atoms with van der Waals surface area (Å²) in [5.41, 5.74) is 2.35. The van der Waals surface area contributed by atoms with Gasteiger partial charge in [0, 0.05) is 22.5 Å². The lowest BCUT2D eigenvalue weighted by Gasteiger charge is -2.12. The van der Waals surface area contributed by atoms with Crippen molar-refractivity contribution in [1.82, 2.24) is 9.97 Å². The van der Waals surface area contributed by atoms with Crippen molar-refractivity contribution in [2.45, 2.75) is 13.2 Å². The van der Waals surface area contributed by atoms with Gasteiger partial charge < -0.3 is 24.6 Å². The molecule has 0 atom stereocenters. The van der Waals surface area contributed by atoms with Crippen molar-refractivity contribution in [3.05, 3.63) is 76.8 Å². The van der Waals surface area contributed by atoms with Crippen molar-refractivity contribution >= 4 is 28.3 Å². The summed E-state index contributed by atoms with van der Waals surface area (Å²) < 4.78 is 16.6. The molecule has 0 saturated heterocycles. The number of aromatic nitrogens is 2. The number of fused-ring (bicyclic) bond motifs is 2. The second-order valence-corrected chi connectivity index (χ2v) is 7.41. The molecule has 4 aromatic rings. The highest BCUT2D eigenvalue weighted by Crippen LogP contribution is 2.33. The van der Waals surface area contributed by atoms with Gasteiger partial charge in [0.25, 0.3) is 0 Å². The highest BCUT2D eigenvalue weighted by atomic mass is 35.5. The Morgan fingerprint density at radius 2 is 1.87 bits per heavy atom. The minimum absolute atomic E-state index is 0.146.